The molecule has 36 heavy (non-hydrogen) atoms. The molecule has 1 atom stereocenters. The largest absolute Gasteiger partial charge is 0.354 e. The lowest BCUT2D eigenvalue weighted by Crippen LogP contribution is -2.52. The van der Waals surface area contributed by atoms with Gasteiger partial charge in [-0.25, -0.2) is 8.42 Å². The molecule has 198 valence electrons. The first kappa shape index (κ1) is 29.9. The first-order chi connectivity index (χ1) is 16.7. The van der Waals surface area contributed by atoms with E-state index in [1.54, 1.807) is 30.3 Å². The fourth-order valence-electron chi connectivity index (χ4n) is 3.89. The number of hydrogen-bond acceptors (Lipinski definition) is 4. The number of rotatable bonds is 11. The van der Waals surface area contributed by atoms with Crippen LogP contribution in [-0.2, 0) is 26.2 Å². The van der Waals surface area contributed by atoms with E-state index in [9.17, 15) is 18.0 Å². The maximum absolute atomic E-state index is 13.7. The SMILES string of the molecule is CCC(C(=O)NCC(C)C)N(Cc1ccc(Cl)c(Cl)c1)C(=O)CN(c1cc(C)cc(C)c1)S(C)(=O)=O. The Morgan fingerprint density at radius 2 is 1.61 bits per heavy atom. The number of carbonyl (C=O) groups excluding carboxylic acids is 2. The molecule has 2 aromatic carbocycles. The van der Waals surface area contributed by atoms with Crippen molar-refractivity contribution in [2.45, 2.75) is 53.6 Å². The number of halogens is 2. The summed E-state index contributed by atoms with van der Waals surface area (Å²) in [7, 11) is -3.79. The second-order valence-electron chi connectivity index (χ2n) is 9.45. The van der Waals surface area contributed by atoms with Crippen LogP contribution in [-0.4, -0.2) is 50.5 Å². The number of hydrogen-bond donors (Lipinski definition) is 1. The van der Waals surface area contributed by atoms with Crippen LogP contribution in [0, 0.1) is 19.8 Å². The summed E-state index contributed by atoms with van der Waals surface area (Å²) in [6, 6.07) is 9.56. The molecule has 0 radical (unpaired) electrons. The van der Waals surface area contributed by atoms with Crippen molar-refractivity contribution < 1.29 is 18.0 Å². The fraction of sp³-hybridized carbons (Fsp3) is 0.462. The van der Waals surface area contributed by atoms with Crippen LogP contribution in [0.1, 0.15) is 43.9 Å². The minimum absolute atomic E-state index is 0.0633. The Bertz CT molecular complexity index is 1180. The van der Waals surface area contributed by atoms with Crippen LogP contribution in [0.5, 0.6) is 0 Å². The molecule has 1 N–H and O–H groups in total. The van der Waals surface area contributed by atoms with Crippen LogP contribution in [0.2, 0.25) is 10.0 Å². The van der Waals surface area contributed by atoms with Crippen LogP contribution >= 0.6 is 23.2 Å². The van der Waals surface area contributed by atoms with E-state index >= 15 is 0 Å². The quantitative estimate of drug-likeness (QED) is 0.424. The average molecular weight is 557 g/mol. The van der Waals surface area contributed by atoms with Gasteiger partial charge in [0.05, 0.1) is 22.0 Å². The molecular weight excluding hydrogens is 521 g/mol. The summed E-state index contributed by atoms with van der Waals surface area (Å²) in [5, 5.41) is 3.59. The van der Waals surface area contributed by atoms with Crippen LogP contribution in [0.3, 0.4) is 0 Å². The molecule has 0 bridgehead atoms. The zero-order valence-electron chi connectivity index (χ0n) is 21.6. The van der Waals surface area contributed by atoms with Gasteiger partial charge in [-0.05, 0) is 67.1 Å². The third-order valence-corrected chi connectivity index (χ3v) is 7.46. The van der Waals surface area contributed by atoms with Crippen molar-refractivity contribution in [1.82, 2.24) is 10.2 Å². The van der Waals surface area contributed by atoms with Gasteiger partial charge in [0.25, 0.3) is 0 Å². The van der Waals surface area contributed by atoms with E-state index in [1.807, 2.05) is 40.7 Å². The van der Waals surface area contributed by atoms with Gasteiger partial charge in [-0.1, -0.05) is 56.1 Å². The minimum atomic E-state index is -3.79. The smallest absolute Gasteiger partial charge is 0.244 e. The molecule has 0 aliphatic heterocycles. The summed E-state index contributed by atoms with van der Waals surface area (Å²) in [4.78, 5) is 28.2. The molecule has 2 rings (SSSR count). The molecule has 0 aliphatic rings. The van der Waals surface area contributed by atoms with Gasteiger partial charge in [-0.3, -0.25) is 13.9 Å². The molecule has 0 spiro atoms. The molecular formula is C26H35Cl2N3O4S. The molecule has 2 amide bonds. The molecule has 7 nitrogen and oxygen atoms in total. The van der Waals surface area contributed by atoms with Gasteiger partial charge in [0, 0.05) is 13.1 Å². The highest BCUT2D eigenvalue weighted by molar-refractivity contribution is 7.92. The monoisotopic (exact) mass is 555 g/mol. The fourth-order valence-corrected chi connectivity index (χ4v) is 5.04. The second-order valence-corrected chi connectivity index (χ2v) is 12.2. The van der Waals surface area contributed by atoms with E-state index in [1.165, 1.54) is 4.90 Å². The van der Waals surface area contributed by atoms with Crippen molar-refractivity contribution >= 4 is 50.7 Å². The van der Waals surface area contributed by atoms with Crippen LogP contribution < -0.4 is 9.62 Å². The summed E-state index contributed by atoms with van der Waals surface area (Å²) < 4.78 is 26.6. The third-order valence-electron chi connectivity index (χ3n) is 5.58. The number of amides is 2. The molecule has 0 aliphatic carbocycles. The van der Waals surface area contributed by atoms with E-state index in [2.05, 4.69) is 5.32 Å². The van der Waals surface area contributed by atoms with E-state index < -0.39 is 28.5 Å². The molecule has 0 aromatic heterocycles. The molecule has 0 fully saturated rings. The first-order valence-corrected chi connectivity index (χ1v) is 14.4. The Morgan fingerprint density at radius 3 is 2.11 bits per heavy atom. The maximum atomic E-state index is 13.7. The molecule has 2 aromatic rings. The lowest BCUT2D eigenvalue weighted by Gasteiger charge is -2.33. The Morgan fingerprint density at radius 1 is 1.00 bits per heavy atom. The van der Waals surface area contributed by atoms with Gasteiger partial charge < -0.3 is 10.2 Å². The zero-order valence-corrected chi connectivity index (χ0v) is 24.0. The predicted octanol–water partition coefficient (Wildman–Crippen LogP) is 4.96. The summed E-state index contributed by atoms with van der Waals surface area (Å²) in [6.45, 7) is 9.57. The summed E-state index contributed by atoms with van der Waals surface area (Å²) >= 11 is 12.2. The van der Waals surface area contributed by atoms with Crippen molar-refractivity contribution in [3.63, 3.8) is 0 Å². The van der Waals surface area contributed by atoms with Crippen molar-refractivity contribution in [1.29, 1.82) is 0 Å². The molecule has 0 heterocycles. The summed E-state index contributed by atoms with van der Waals surface area (Å²) in [5.74, 6) is -0.565. The highest BCUT2D eigenvalue weighted by Gasteiger charge is 2.32. The lowest BCUT2D eigenvalue weighted by molar-refractivity contribution is -0.140. The number of anilines is 1. The van der Waals surface area contributed by atoms with Crippen molar-refractivity contribution in [2.24, 2.45) is 5.92 Å². The van der Waals surface area contributed by atoms with Gasteiger partial charge >= 0.3 is 0 Å². The average Bonchev–Trinajstić information content (AvgIpc) is 2.76. The van der Waals surface area contributed by atoms with Gasteiger partial charge in [-0.2, -0.15) is 0 Å². The second kappa shape index (κ2) is 12.8. The molecule has 0 saturated carbocycles. The molecule has 1 unspecified atom stereocenters. The van der Waals surface area contributed by atoms with E-state index in [0.717, 1.165) is 21.7 Å². The third kappa shape index (κ3) is 8.39. The summed E-state index contributed by atoms with van der Waals surface area (Å²) in [5.41, 5.74) is 2.82. The minimum Gasteiger partial charge on any atom is -0.354 e. The number of aryl methyl sites for hydroxylation is 2. The Balaban J connectivity index is 2.48. The number of benzene rings is 2. The van der Waals surface area contributed by atoms with Crippen molar-refractivity contribution in [2.75, 3.05) is 23.7 Å². The topological polar surface area (TPSA) is 86.8 Å². The number of carbonyl (C=O) groups is 2. The van der Waals surface area contributed by atoms with Crippen LogP contribution in [0.4, 0.5) is 5.69 Å². The van der Waals surface area contributed by atoms with Gasteiger partial charge in [0.2, 0.25) is 21.8 Å². The van der Waals surface area contributed by atoms with Crippen molar-refractivity contribution in [3.05, 3.63) is 63.1 Å². The normalized spacial score (nSPS) is 12.4. The molecule has 0 saturated heterocycles. The maximum Gasteiger partial charge on any atom is 0.244 e. The van der Waals surface area contributed by atoms with Gasteiger partial charge in [0.1, 0.15) is 12.6 Å². The predicted molar refractivity (Wildman–Crippen MR) is 147 cm³/mol. The Kier molecular flexibility index (Phi) is 10.6. The van der Waals surface area contributed by atoms with Crippen LogP contribution in [0.25, 0.3) is 0 Å². The standard InChI is InChI=1S/C26H35Cl2N3O4S/c1-7-24(26(33)29-14-17(2)3)30(15-20-8-9-22(27)23(28)13-20)25(32)16-31(36(6,34)35)21-11-18(4)10-19(5)12-21/h8-13,17,24H,7,14-16H2,1-6H3,(H,29,33). The van der Waals surface area contributed by atoms with E-state index in [4.69, 9.17) is 23.2 Å². The van der Waals surface area contributed by atoms with Gasteiger partial charge in [0.15, 0.2) is 0 Å². The van der Waals surface area contributed by atoms with E-state index in [0.29, 0.717) is 34.3 Å². The lowest BCUT2D eigenvalue weighted by atomic mass is 10.1. The molecule has 10 heteroatoms. The zero-order chi connectivity index (χ0) is 27.2. The Labute approximate surface area is 224 Å². The number of sulfonamides is 1. The van der Waals surface area contributed by atoms with Gasteiger partial charge in [-0.15, -0.1) is 0 Å². The number of nitrogens with one attached hydrogen (secondary N) is 1. The first-order valence-electron chi connectivity index (χ1n) is 11.8. The van der Waals surface area contributed by atoms with Crippen LogP contribution in [0.15, 0.2) is 36.4 Å². The van der Waals surface area contributed by atoms with E-state index in [-0.39, 0.29) is 18.4 Å². The highest BCUT2D eigenvalue weighted by Crippen LogP contribution is 2.25. The summed E-state index contributed by atoms with van der Waals surface area (Å²) in [6.07, 6.45) is 1.41. The van der Waals surface area contributed by atoms with Crippen molar-refractivity contribution in [3.8, 4) is 0 Å². The highest BCUT2D eigenvalue weighted by atomic mass is 35.5. The Hall–Kier alpha value is -2.29. The number of nitrogens with zero attached hydrogens (tertiary/aromatic N) is 2.